The zero-order valence-corrected chi connectivity index (χ0v) is 7.89. The molecule has 0 aliphatic heterocycles. The van der Waals surface area contributed by atoms with Crippen LogP contribution in [0.15, 0.2) is 0 Å². The van der Waals surface area contributed by atoms with Crippen LogP contribution in [0.2, 0.25) is 0 Å². The Morgan fingerprint density at radius 3 is 1.77 bits per heavy atom. The summed E-state index contributed by atoms with van der Waals surface area (Å²) in [5.74, 6) is -3.21. The molecule has 0 saturated heterocycles. The number of aliphatic hydroxyl groups is 3. The van der Waals surface area contributed by atoms with Crippen molar-refractivity contribution in [3.05, 3.63) is 0 Å². The quantitative estimate of drug-likeness (QED) is 0.228. The van der Waals surface area contributed by atoms with Crippen LogP contribution in [0.1, 0.15) is 6.92 Å². The van der Waals surface area contributed by atoms with Gasteiger partial charge in [-0.15, -0.1) is 0 Å². The molecule has 0 heterocycles. The molecule has 13 heavy (non-hydrogen) atoms. The Balaban J connectivity index is 0. The fourth-order valence-electron chi connectivity index (χ4n) is 0.171. The Morgan fingerprint density at radius 1 is 1.38 bits per heavy atom. The highest BCUT2D eigenvalue weighted by Gasteiger charge is 2.24. The lowest BCUT2D eigenvalue weighted by atomic mass is 10.6. The molecule has 0 bridgehead atoms. The standard InChI is InChI=1S/C2H7N.C2H7O7P/c1-2-3;3-2(4,5)1-9-10(6,7)8/h2-3H2,1H3;3-5H,1H2,(H2,6,7,8). The second kappa shape index (κ2) is 6.41. The SMILES string of the molecule is CCN.O=P(O)(O)OCC(O)(O)O. The molecule has 8 nitrogen and oxygen atoms in total. The van der Waals surface area contributed by atoms with Crippen molar-refractivity contribution in [2.24, 2.45) is 5.73 Å². The van der Waals surface area contributed by atoms with E-state index in [9.17, 15) is 4.57 Å². The van der Waals surface area contributed by atoms with E-state index in [0.717, 1.165) is 6.54 Å². The summed E-state index contributed by atoms with van der Waals surface area (Å²) >= 11 is 0. The molecule has 0 aliphatic carbocycles. The van der Waals surface area contributed by atoms with Crippen LogP contribution in [-0.4, -0.2) is 44.2 Å². The van der Waals surface area contributed by atoms with Crippen molar-refractivity contribution in [1.82, 2.24) is 0 Å². The van der Waals surface area contributed by atoms with Crippen LogP contribution in [0.5, 0.6) is 0 Å². The topological polar surface area (TPSA) is 153 Å². The van der Waals surface area contributed by atoms with Crippen LogP contribution < -0.4 is 5.73 Å². The Labute approximate surface area is 74.8 Å². The fourth-order valence-corrected chi connectivity index (χ4v) is 0.512. The van der Waals surface area contributed by atoms with Gasteiger partial charge in [-0.3, -0.25) is 4.52 Å². The summed E-state index contributed by atoms with van der Waals surface area (Å²) in [6.45, 7) is 1.39. The van der Waals surface area contributed by atoms with Gasteiger partial charge in [0.2, 0.25) is 0 Å². The van der Waals surface area contributed by atoms with Crippen LogP contribution in [0.25, 0.3) is 0 Å². The predicted molar refractivity (Wildman–Crippen MR) is 42.1 cm³/mol. The van der Waals surface area contributed by atoms with E-state index in [2.05, 4.69) is 4.52 Å². The molecule has 0 saturated carbocycles. The second-order valence-corrected chi connectivity index (χ2v) is 3.19. The van der Waals surface area contributed by atoms with E-state index in [1.54, 1.807) is 0 Å². The van der Waals surface area contributed by atoms with Crippen molar-refractivity contribution in [3.63, 3.8) is 0 Å². The summed E-state index contributed by atoms with van der Waals surface area (Å²) < 4.78 is 13.3. The third-order valence-corrected chi connectivity index (χ3v) is 0.892. The number of phosphoric acid groups is 1. The van der Waals surface area contributed by atoms with E-state index in [-0.39, 0.29) is 0 Å². The molecule has 0 aliphatic rings. The molecule has 0 aromatic heterocycles. The summed E-state index contributed by atoms with van der Waals surface area (Å²) in [6.07, 6.45) is 0. The van der Waals surface area contributed by atoms with Gasteiger partial charge in [-0.2, -0.15) is 0 Å². The molecule has 0 rings (SSSR count). The van der Waals surface area contributed by atoms with Crippen LogP contribution in [0.3, 0.4) is 0 Å². The highest BCUT2D eigenvalue weighted by atomic mass is 31.2. The molecule has 82 valence electrons. The fraction of sp³-hybridized carbons (Fsp3) is 1.00. The molecule has 0 unspecified atom stereocenters. The number of hydrogen-bond acceptors (Lipinski definition) is 6. The normalized spacial score (nSPS) is 11.9. The second-order valence-electron chi connectivity index (χ2n) is 1.95. The molecular formula is C4H14NO7P. The van der Waals surface area contributed by atoms with Gasteiger partial charge >= 0.3 is 13.8 Å². The van der Waals surface area contributed by atoms with E-state index in [1.165, 1.54) is 0 Å². The van der Waals surface area contributed by atoms with Crippen molar-refractivity contribution in [2.45, 2.75) is 12.9 Å². The summed E-state index contributed by atoms with van der Waals surface area (Å²) in [5.41, 5.74) is 4.85. The first-order chi connectivity index (χ1) is 5.62. The van der Waals surface area contributed by atoms with Crippen molar-refractivity contribution >= 4 is 7.82 Å². The van der Waals surface area contributed by atoms with Crippen LogP contribution >= 0.6 is 7.82 Å². The molecular weight excluding hydrogens is 205 g/mol. The summed E-state index contributed by atoms with van der Waals surface area (Å²) in [5, 5.41) is 24.1. The minimum absolute atomic E-state index is 0.750. The van der Waals surface area contributed by atoms with Gasteiger partial charge in [0.25, 0.3) is 0 Å². The average Bonchev–Trinajstić information content (AvgIpc) is 1.82. The Hall–Kier alpha value is -0.0500. The number of phosphoric ester groups is 1. The minimum Gasteiger partial charge on any atom is -0.342 e. The summed E-state index contributed by atoms with van der Waals surface area (Å²) in [4.78, 5) is 15.9. The largest absolute Gasteiger partial charge is 0.469 e. The molecule has 0 amide bonds. The van der Waals surface area contributed by atoms with E-state index >= 15 is 0 Å². The minimum atomic E-state index is -4.74. The molecule has 0 radical (unpaired) electrons. The maximum Gasteiger partial charge on any atom is 0.469 e. The first kappa shape index (κ1) is 15.4. The van der Waals surface area contributed by atoms with Crippen LogP contribution in [-0.2, 0) is 9.09 Å². The van der Waals surface area contributed by atoms with Gasteiger partial charge in [-0.05, 0) is 6.54 Å². The maximum atomic E-state index is 9.82. The smallest absolute Gasteiger partial charge is 0.342 e. The monoisotopic (exact) mass is 219 g/mol. The highest BCUT2D eigenvalue weighted by Crippen LogP contribution is 2.36. The molecule has 0 aromatic rings. The number of hydrogen-bond donors (Lipinski definition) is 6. The third kappa shape index (κ3) is 24.5. The van der Waals surface area contributed by atoms with Gasteiger partial charge in [-0.25, -0.2) is 4.57 Å². The molecule has 0 aromatic carbocycles. The first-order valence-corrected chi connectivity index (χ1v) is 4.72. The lowest BCUT2D eigenvalue weighted by Crippen LogP contribution is -2.32. The van der Waals surface area contributed by atoms with E-state index in [4.69, 9.17) is 30.8 Å². The average molecular weight is 219 g/mol. The third-order valence-electron chi connectivity index (χ3n) is 0.426. The van der Waals surface area contributed by atoms with E-state index < -0.39 is 20.4 Å². The summed E-state index contributed by atoms with van der Waals surface area (Å²) in [6, 6.07) is 0. The van der Waals surface area contributed by atoms with Crippen molar-refractivity contribution < 1.29 is 34.2 Å². The predicted octanol–water partition coefficient (Wildman–Crippen LogP) is -2.31. The van der Waals surface area contributed by atoms with Gasteiger partial charge in [0.15, 0.2) is 0 Å². The van der Waals surface area contributed by atoms with Gasteiger partial charge in [0.1, 0.15) is 6.61 Å². The zero-order valence-electron chi connectivity index (χ0n) is 6.99. The Morgan fingerprint density at radius 2 is 1.69 bits per heavy atom. The van der Waals surface area contributed by atoms with Gasteiger partial charge in [0.05, 0.1) is 0 Å². The number of rotatable bonds is 3. The zero-order chi connectivity index (χ0) is 11.1. The lowest BCUT2D eigenvalue weighted by molar-refractivity contribution is -0.323. The van der Waals surface area contributed by atoms with Crippen LogP contribution in [0, 0.1) is 0 Å². The van der Waals surface area contributed by atoms with E-state index in [1.807, 2.05) is 6.92 Å². The van der Waals surface area contributed by atoms with Gasteiger partial charge in [-0.1, -0.05) is 6.92 Å². The molecule has 0 spiro atoms. The first-order valence-electron chi connectivity index (χ1n) is 3.19. The van der Waals surface area contributed by atoms with E-state index in [0.29, 0.717) is 0 Å². The van der Waals surface area contributed by atoms with Gasteiger partial charge in [0, 0.05) is 0 Å². The number of nitrogens with two attached hydrogens (primary N) is 1. The highest BCUT2D eigenvalue weighted by molar-refractivity contribution is 7.46. The van der Waals surface area contributed by atoms with Crippen molar-refractivity contribution in [1.29, 1.82) is 0 Å². The van der Waals surface area contributed by atoms with Crippen molar-refractivity contribution in [2.75, 3.05) is 13.2 Å². The molecule has 0 fully saturated rings. The molecule has 0 atom stereocenters. The molecule has 7 N–H and O–H groups in total. The van der Waals surface area contributed by atoms with Crippen LogP contribution in [0.4, 0.5) is 0 Å². The van der Waals surface area contributed by atoms with Gasteiger partial charge < -0.3 is 30.8 Å². The maximum absolute atomic E-state index is 9.82. The Bertz CT molecular complexity index is 160. The lowest BCUT2D eigenvalue weighted by Gasteiger charge is -2.13. The summed E-state index contributed by atoms with van der Waals surface area (Å²) in [7, 11) is -4.74. The van der Waals surface area contributed by atoms with Crippen molar-refractivity contribution in [3.8, 4) is 0 Å². The Kier molecular flexibility index (Phi) is 7.61. The molecule has 9 heteroatoms.